The third-order valence-corrected chi connectivity index (χ3v) is 3.70. The van der Waals surface area contributed by atoms with Crippen LogP contribution in [0.25, 0.3) is 0 Å². The van der Waals surface area contributed by atoms with Gasteiger partial charge in [-0.2, -0.15) is 0 Å². The zero-order chi connectivity index (χ0) is 10.1. The smallest absolute Gasteiger partial charge is 0.0695 e. The number of hydrogen-bond donors (Lipinski definition) is 1. The van der Waals surface area contributed by atoms with Crippen LogP contribution in [0, 0.1) is 5.92 Å². The molecule has 0 bridgehead atoms. The van der Waals surface area contributed by atoms with Crippen LogP contribution in [0.15, 0.2) is 0 Å². The van der Waals surface area contributed by atoms with Gasteiger partial charge in [-0.05, 0) is 51.9 Å². The van der Waals surface area contributed by atoms with Crippen LogP contribution < -0.4 is 0 Å². The van der Waals surface area contributed by atoms with E-state index in [2.05, 4.69) is 18.7 Å². The minimum absolute atomic E-state index is 0.0591. The molecule has 0 spiro atoms. The zero-order valence-electron chi connectivity index (χ0n) is 9.45. The van der Waals surface area contributed by atoms with Crippen molar-refractivity contribution in [2.24, 2.45) is 5.92 Å². The monoisotopic (exact) mass is 197 g/mol. The molecule has 14 heavy (non-hydrogen) atoms. The third-order valence-electron chi connectivity index (χ3n) is 3.70. The molecule has 0 aromatic rings. The highest BCUT2D eigenvalue weighted by Gasteiger charge is 2.35. The summed E-state index contributed by atoms with van der Waals surface area (Å²) in [6.45, 7) is 5.74. The van der Waals surface area contributed by atoms with Gasteiger partial charge in [-0.15, -0.1) is 0 Å². The largest absolute Gasteiger partial charge is 0.391 e. The lowest BCUT2D eigenvalue weighted by Crippen LogP contribution is -2.45. The molecule has 0 saturated heterocycles. The number of aliphatic hydroxyl groups excluding tert-OH is 1. The minimum atomic E-state index is -0.0591. The number of rotatable bonds is 4. The van der Waals surface area contributed by atoms with Crippen molar-refractivity contribution in [2.75, 3.05) is 6.54 Å². The zero-order valence-corrected chi connectivity index (χ0v) is 9.45. The second-order valence-electron chi connectivity index (χ2n) is 5.30. The molecule has 2 nitrogen and oxygen atoms in total. The summed E-state index contributed by atoms with van der Waals surface area (Å²) in [5, 5.41) is 9.90. The maximum absolute atomic E-state index is 9.90. The van der Waals surface area contributed by atoms with Crippen molar-refractivity contribution in [3.8, 4) is 0 Å². The standard InChI is InChI=1S/C12H23NO/c1-9(2)13(8-10-6-7-10)11-4-3-5-12(11)14/h9-12,14H,3-8H2,1-2H3/t11-,12-/m0/s1. The Morgan fingerprint density at radius 1 is 1.21 bits per heavy atom. The molecule has 2 saturated carbocycles. The summed E-state index contributed by atoms with van der Waals surface area (Å²) in [5.74, 6) is 0.935. The van der Waals surface area contributed by atoms with Gasteiger partial charge >= 0.3 is 0 Å². The fourth-order valence-electron chi connectivity index (χ4n) is 2.64. The molecule has 1 N–H and O–H groups in total. The highest BCUT2D eigenvalue weighted by Crippen LogP contribution is 2.33. The summed E-state index contributed by atoms with van der Waals surface area (Å²) in [6.07, 6.45) is 6.18. The second-order valence-corrected chi connectivity index (χ2v) is 5.30. The van der Waals surface area contributed by atoms with Gasteiger partial charge in [-0.25, -0.2) is 0 Å². The van der Waals surface area contributed by atoms with Crippen molar-refractivity contribution in [2.45, 2.75) is 64.1 Å². The van der Waals surface area contributed by atoms with E-state index in [1.165, 1.54) is 32.2 Å². The average molecular weight is 197 g/mol. The topological polar surface area (TPSA) is 23.5 Å². The Morgan fingerprint density at radius 2 is 1.93 bits per heavy atom. The van der Waals surface area contributed by atoms with Gasteiger partial charge in [-0.3, -0.25) is 4.90 Å². The van der Waals surface area contributed by atoms with E-state index < -0.39 is 0 Å². The predicted molar refractivity (Wildman–Crippen MR) is 58.2 cm³/mol. The summed E-state index contributed by atoms with van der Waals surface area (Å²) in [4.78, 5) is 2.54. The normalized spacial score (nSPS) is 33.2. The molecule has 0 aliphatic heterocycles. The molecule has 2 rings (SSSR count). The van der Waals surface area contributed by atoms with E-state index in [0.717, 1.165) is 12.3 Å². The molecule has 0 aromatic carbocycles. The van der Waals surface area contributed by atoms with Crippen LogP contribution in [0.5, 0.6) is 0 Å². The predicted octanol–water partition coefficient (Wildman–Crippen LogP) is 2.02. The van der Waals surface area contributed by atoms with E-state index in [9.17, 15) is 5.11 Å². The highest BCUT2D eigenvalue weighted by molar-refractivity contribution is 4.89. The summed E-state index contributed by atoms with van der Waals surface area (Å²) in [7, 11) is 0. The van der Waals surface area contributed by atoms with Crippen molar-refractivity contribution in [3.05, 3.63) is 0 Å². The molecule has 0 amide bonds. The fraction of sp³-hybridized carbons (Fsp3) is 1.00. The number of aliphatic hydroxyl groups is 1. The first kappa shape index (κ1) is 10.4. The van der Waals surface area contributed by atoms with Gasteiger partial charge in [-0.1, -0.05) is 0 Å². The van der Waals surface area contributed by atoms with Crippen molar-refractivity contribution in [1.29, 1.82) is 0 Å². The third kappa shape index (κ3) is 2.29. The van der Waals surface area contributed by atoms with E-state index in [-0.39, 0.29) is 6.10 Å². The Morgan fingerprint density at radius 3 is 2.36 bits per heavy atom. The van der Waals surface area contributed by atoms with Crippen molar-refractivity contribution in [3.63, 3.8) is 0 Å². The fourth-order valence-corrected chi connectivity index (χ4v) is 2.64. The lowest BCUT2D eigenvalue weighted by Gasteiger charge is -2.34. The maximum Gasteiger partial charge on any atom is 0.0695 e. The lowest BCUT2D eigenvalue weighted by molar-refractivity contribution is 0.0487. The molecule has 2 fully saturated rings. The molecule has 2 atom stereocenters. The highest BCUT2D eigenvalue weighted by atomic mass is 16.3. The van der Waals surface area contributed by atoms with Crippen LogP contribution in [0.2, 0.25) is 0 Å². The van der Waals surface area contributed by atoms with Crippen LogP contribution in [0.1, 0.15) is 46.0 Å². The molecule has 0 unspecified atom stereocenters. The van der Waals surface area contributed by atoms with Crippen molar-refractivity contribution in [1.82, 2.24) is 4.90 Å². The summed E-state index contributed by atoms with van der Waals surface area (Å²) < 4.78 is 0. The van der Waals surface area contributed by atoms with Gasteiger partial charge in [0.05, 0.1) is 6.10 Å². The first-order valence-corrected chi connectivity index (χ1v) is 6.12. The van der Waals surface area contributed by atoms with E-state index in [0.29, 0.717) is 12.1 Å². The molecule has 2 aliphatic rings. The molecule has 0 aromatic heterocycles. The average Bonchev–Trinajstić information content (AvgIpc) is 2.85. The molecular formula is C12H23NO. The molecular weight excluding hydrogens is 174 g/mol. The SMILES string of the molecule is CC(C)N(CC1CC1)[C@H]1CCC[C@@H]1O. The van der Waals surface area contributed by atoms with Gasteiger partial charge in [0, 0.05) is 18.6 Å². The Labute approximate surface area is 87.3 Å². The van der Waals surface area contributed by atoms with Crippen molar-refractivity contribution >= 4 is 0 Å². The van der Waals surface area contributed by atoms with E-state index in [4.69, 9.17) is 0 Å². The van der Waals surface area contributed by atoms with Crippen LogP contribution in [-0.2, 0) is 0 Å². The van der Waals surface area contributed by atoms with Crippen molar-refractivity contribution < 1.29 is 5.11 Å². The van der Waals surface area contributed by atoms with Crippen LogP contribution >= 0.6 is 0 Å². The van der Waals surface area contributed by atoms with Gasteiger partial charge < -0.3 is 5.11 Å². The number of nitrogens with zero attached hydrogens (tertiary/aromatic N) is 1. The summed E-state index contributed by atoms with van der Waals surface area (Å²) in [5.41, 5.74) is 0. The Bertz CT molecular complexity index is 189. The van der Waals surface area contributed by atoms with E-state index in [1.807, 2.05) is 0 Å². The molecule has 2 heteroatoms. The first-order chi connectivity index (χ1) is 6.68. The van der Waals surface area contributed by atoms with E-state index in [1.54, 1.807) is 0 Å². The van der Waals surface area contributed by atoms with Crippen LogP contribution in [0.3, 0.4) is 0 Å². The first-order valence-electron chi connectivity index (χ1n) is 6.12. The van der Waals surface area contributed by atoms with Gasteiger partial charge in [0.1, 0.15) is 0 Å². The molecule has 2 aliphatic carbocycles. The molecule has 0 heterocycles. The Kier molecular flexibility index (Phi) is 3.13. The quantitative estimate of drug-likeness (QED) is 0.745. The molecule has 0 radical (unpaired) electrons. The second kappa shape index (κ2) is 4.19. The van der Waals surface area contributed by atoms with Crippen LogP contribution in [-0.4, -0.2) is 34.7 Å². The van der Waals surface area contributed by atoms with E-state index >= 15 is 0 Å². The van der Waals surface area contributed by atoms with Gasteiger partial charge in [0.2, 0.25) is 0 Å². The van der Waals surface area contributed by atoms with Gasteiger partial charge in [0.25, 0.3) is 0 Å². The minimum Gasteiger partial charge on any atom is -0.391 e. The maximum atomic E-state index is 9.90. The molecule has 82 valence electrons. The summed E-state index contributed by atoms with van der Waals surface area (Å²) >= 11 is 0. The summed E-state index contributed by atoms with van der Waals surface area (Å²) in [6, 6.07) is 1.05. The lowest BCUT2D eigenvalue weighted by atomic mass is 10.1. The van der Waals surface area contributed by atoms with Gasteiger partial charge in [0.15, 0.2) is 0 Å². The Hall–Kier alpha value is -0.0800. The van der Waals surface area contributed by atoms with Crippen LogP contribution in [0.4, 0.5) is 0 Å². The number of hydrogen-bond acceptors (Lipinski definition) is 2. The Balaban J connectivity index is 1.93.